The predicted molar refractivity (Wildman–Crippen MR) is 102 cm³/mol. The molecule has 0 radical (unpaired) electrons. The Hall–Kier alpha value is -2.76. The number of piperidine rings is 1. The van der Waals surface area contributed by atoms with Crippen LogP contribution in [0.1, 0.15) is 39.1 Å². The smallest absolute Gasteiger partial charge is 0.291 e. The topological polar surface area (TPSA) is 117 Å². The van der Waals surface area contributed by atoms with E-state index < -0.39 is 47.7 Å². The summed E-state index contributed by atoms with van der Waals surface area (Å²) in [5.41, 5.74) is -1.01. The monoisotopic (exact) mass is 436 g/mol. The molecular formula is C20H22F2N4O5. The zero-order valence-corrected chi connectivity index (χ0v) is 16.8. The summed E-state index contributed by atoms with van der Waals surface area (Å²) in [7, 11) is 1.24. The number of amides is 4. The molecule has 3 aliphatic rings. The van der Waals surface area contributed by atoms with Crippen molar-refractivity contribution in [3.8, 4) is 0 Å². The zero-order chi connectivity index (χ0) is 22.4. The molecule has 0 bridgehead atoms. The SMILES string of the molecule is COC1(C(F)(F)CNCc2cccc3c2C(=O)N(C2CCC(=O)NC2=O)C3=O)CNC1. The maximum atomic E-state index is 14.6. The summed E-state index contributed by atoms with van der Waals surface area (Å²) in [6.45, 7) is -0.682. The molecule has 3 heterocycles. The average Bonchev–Trinajstić information content (AvgIpc) is 2.93. The molecule has 4 amide bonds. The van der Waals surface area contributed by atoms with Gasteiger partial charge in [-0.2, -0.15) is 0 Å². The first-order valence-corrected chi connectivity index (χ1v) is 9.89. The summed E-state index contributed by atoms with van der Waals surface area (Å²) in [5.74, 6) is -5.62. The van der Waals surface area contributed by atoms with E-state index >= 15 is 0 Å². The Labute approximate surface area is 176 Å². The van der Waals surface area contributed by atoms with Crippen molar-refractivity contribution in [3.63, 3.8) is 0 Å². The molecule has 3 N–H and O–H groups in total. The third-order valence-corrected chi connectivity index (χ3v) is 6.10. The average molecular weight is 436 g/mol. The van der Waals surface area contributed by atoms with Crippen molar-refractivity contribution in [2.75, 3.05) is 26.7 Å². The lowest BCUT2D eigenvalue weighted by Crippen LogP contribution is -2.71. The second-order valence-electron chi connectivity index (χ2n) is 7.90. The lowest BCUT2D eigenvalue weighted by atomic mass is 9.88. The third-order valence-electron chi connectivity index (χ3n) is 6.10. The molecule has 2 fully saturated rings. The van der Waals surface area contributed by atoms with Crippen LogP contribution >= 0.6 is 0 Å². The van der Waals surface area contributed by atoms with Crippen LogP contribution in [0.15, 0.2) is 18.2 Å². The molecule has 2 saturated heterocycles. The number of methoxy groups -OCH3 is 1. The second kappa shape index (κ2) is 7.74. The fraction of sp³-hybridized carbons (Fsp3) is 0.500. The number of carbonyl (C=O) groups excluding carboxylic acids is 4. The molecule has 0 aromatic heterocycles. The quantitative estimate of drug-likeness (QED) is 0.507. The predicted octanol–water partition coefficient (Wildman–Crippen LogP) is -0.199. The van der Waals surface area contributed by atoms with Crippen LogP contribution in [-0.4, -0.2) is 72.8 Å². The second-order valence-corrected chi connectivity index (χ2v) is 7.90. The molecule has 9 nitrogen and oxygen atoms in total. The van der Waals surface area contributed by atoms with Crippen molar-refractivity contribution in [2.24, 2.45) is 0 Å². The lowest BCUT2D eigenvalue weighted by molar-refractivity contribution is -0.215. The molecule has 31 heavy (non-hydrogen) atoms. The molecule has 0 saturated carbocycles. The highest BCUT2D eigenvalue weighted by Gasteiger charge is 2.58. The minimum atomic E-state index is -3.15. The van der Waals surface area contributed by atoms with Crippen LogP contribution in [0.25, 0.3) is 0 Å². The van der Waals surface area contributed by atoms with Gasteiger partial charge in [-0.1, -0.05) is 12.1 Å². The van der Waals surface area contributed by atoms with E-state index in [0.29, 0.717) is 5.56 Å². The molecule has 11 heteroatoms. The van der Waals surface area contributed by atoms with Crippen molar-refractivity contribution >= 4 is 23.6 Å². The van der Waals surface area contributed by atoms with Gasteiger partial charge in [0.15, 0.2) is 5.60 Å². The number of ether oxygens (including phenoxy) is 1. The molecule has 0 spiro atoms. The number of imide groups is 2. The molecule has 1 aromatic carbocycles. The Morgan fingerprint density at radius 3 is 2.58 bits per heavy atom. The van der Waals surface area contributed by atoms with E-state index in [2.05, 4.69) is 16.0 Å². The number of halogens is 2. The molecule has 4 rings (SSSR count). The summed E-state index contributed by atoms with van der Waals surface area (Å²) in [6.07, 6.45) is 0.0620. The number of hydrogen-bond acceptors (Lipinski definition) is 7. The van der Waals surface area contributed by atoms with Gasteiger partial charge in [-0.25, -0.2) is 8.78 Å². The fourth-order valence-electron chi connectivity index (χ4n) is 4.15. The summed E-state index contributed by atoms with van der Waals surface area (Å²) in [5, 5.41) is 7.57. The minimum absolute atomic E-state index is 0.0173. The van der Waals surface area contributed by atoms with E-state index in [4.69, 9.17) is 4.74 Å². The molecule has 166 valence electrons. The first-order valence-electron chi connectivity index (χ1n) is 9.89. The van der Waals surface area contributed by atoms with Crippen molar-refractivity contribution < 1.29 is 32.7 Å². The Morgan fingerprint density at radius 1 is 1.23 bits per heavy atom. The van der Waals surface area contributed by atoms with Crippen LogP contribution in [0.4, 0.5) is 8.78 Å². The highest BCUT2D eigenvalue weighted by Crippen LogP contribution is 2.35. The largest absolute Gasteiger partial charge is 0.369 e. The molecular weight excluding hydrogens is 414 g/mol. The van der Waals surface area contributed by atoms with Crippen molar-refractivity contribution in [2.45, 2.75) is 37.0 Å². The van der Waals surface area contributed by atoms with Gasteiger partial charge >= 0.3 is 0 Å². The van der Waals surface area contributed by atoms with Crippen LogP contribution < -0.4 is 16.0 Å². The Morgan fingerprint density at radius 2 is 1.97 bits per heavy atom. The van der Waals surface area contributed by atoms with Crippen LogP contribution in [-0.2, 0) is 20.9 Å². The molecule has 3 aliphatic heterocycles. The van der Waals surface area contributed by atoms with Gasteiger partial charge in [0.05, 0.1) is 17.7 Å². The van der Waals surface area contributed by atoms with Crippen LogP contribution in [0.2, 0.25) is 0 Å². The maximum absolute atomic E-state index is 14.6. The summed E-state index contributed by atoms with van der Waals surface area (Å²) in [4.78, 5) is 50.2. The molecule has 0 aliphatic carbocycles. The fourth-order valence-corrected chi connectivity index (χ4v) is 4.15. The Bertz CT molecular complexity index is 957. The van der Waals surface area contributed by atoms with Gasteiger partial charge in [0.25, 0.3) is 17.7 Å². The van der Waals surface area contributed by atoms with Crippen LogP contribution in [0.5, 0.6) is 0 Å². The number of alkyl halides is 2. The van der Waals surface area contributed by atoms with Gasteiger partial charge in [-0.15, -0.1) is 0 Å². The van der Waals surface area contributed by atoms with Gasteiger partial charge < -0.3 is 15.4 Å². The van der Waals surface area contributed by atoms with Crippen molar-refractivity contribution in [1.29, 1.82) is 0 Å². The normalized spacial score (nSPS) is 22.9. The van der Waals surface area contributed by atoms with Gasteiger partial charge in [-0.3, -0.25) is 29.4 Å². The van der Waals surface area contributed by atoms with Gasteiger partial charge in [0.2, 0.25) is 11.8 Å². The summed E-state index contributed by atoms with van der Waals surface area (Å²) >= 11 is 0. The Kier molecular flexibility index (Phi) is 5.36. The highest BCUT2D eigenvalue weighted by atomic mass is 19.3. The highest BCUT2D eigenvalue weighted by molar-refractivity contribution is 6.24. The standard InChI is InChI=1S/C20H22F2N4O5/c1-31-19(8-24-9-19)20(21,22)10-23-7-11-3-2-4-12-15(11)18(30)26(17(12)29)13-5-6-14(27)25-16(13)28/h2-4,13,23-24H,5-10H2,1H3,(H,25,27,28). The molecule has 1 aromatic rings. The first kappa shape index (κ1) is 21.5. The van der Waals surface area contributed by atoms with E-state index in [1.54, 1.807) is 12.1 Å². The Balaban J connectivity index is 1.50. The van der Waals surface area contributed by atoms with Gasteiger partial charge in [0, 0.05) is 33.2 Å². The first-order chi connectivity index (χ1) is 14.7. The van der Waals surface area contributed by atoms with Crippen molar-refractivity contribution in [3.05, 3.63) is 34.9 Å². The molecule has 1 atom stereocenters. The van der Waals surface area contributed by atoms with Crippen LogP contribution in [0.3, 0.4) is 0 Å². The number of rotatable bonds is 7. The number of nitrogens with one attached hydrogen (secondary N) is 3. The molecule has 1 unspecified atom stereocenters. The van der Waals surface area contributed by atoms with Gasteiger partial charge in [-0.05, 0) is 18.1 Å². The summed E-state index contributed by atoms with van der Waals surface area (Å²) in [6, 6.07) is 3.50. The minimum Gasteiger partial charge on any atom is -0.369 e. The van der Waals surface area contributed by atoms with Crippen LogP contribution in [0, 0.1) is 0 Å². The van der Waals surface area contributed by atoms with E-state index in [-0.39, 0.29) is 43.6 Å². The summed E-state index contributed by atoms with van der Waals surface area (Å²) < 4.78 is 34.2. The van der Waals surface area contributed by atoms with E-state index in [1.165, 1.54) is 13.2 Å². The zero-order valence-electron chi connectivity index (χ0n) is 16.8. The number of nitrogens with zero attached hydrogens (tertiary/aromatic N) is 1. The number of fused-ring (bicyclic) bond motifs is 1. The van der Waals surface area contributed by atoms with Gasteiger partial charge in [0.1, 0.15) is 6.04 Å². The van der Waals surface area contributed by atoms with E-state index in [9.17, 15) is 28.0 Å². The van der Waals surface area contributed by atoms with E-state index in [1.807, 2.05) is 0 Å². The number of carbonyl (C=O) groups is 4. The van der Waals surface area contributed by atoms with E-state index in [0.717, 1.165) is 4.90 Å². The number of hydrogen-bond donors (Lipinski definition) is 3. The lowest BCUT2D eigenvalue weighted by Gasteiger charge is -2.46. The van der Waals surface area contributed by atoms with Crippen molar-refractivity contribution in [1.82, 2.24) is 20.9 Å². The maximum Gasteiger partial charge on any atom is 0.291 e. The number of benzene rings is 1. The third kappa shape index (κ3) is 3.42.